The molecule has 632 valence electrons. The normalized spacial score (nSPS) is 14.5. The maximum absolute atomic E-state index is 7.50. The van der Waals surface area contributed by atoms with Gasteiger partial charge in [0, 0.05) is 66.8 Å². The zero-order valence-electron chi connectivity index (χ0n) is 76.0. The SMILES string of the molecule is C[Si](C)(CC[Si](C)(C)c1ccc(C2(n3c(-c4ccc([Si](C)(C)C)cc4)nc(-c4ccccc4)c3-c3ccccc3)N=C(c3ccccc3)C(c3ccccc3)=N2)cc1)O[Si](C)(C)O[Si](C)(C)O[Si](C)(C)CC[Si](C)(C)c1ccc(C2(n3c(-c4ccc([Si](C)(C)C)cc4)nc(-c4ccccc4)c3-c3ccccc3)N=C(c3ccccc3)C(c3ccccc3)=N2)cc1. The number of hydrogen-bond donors (Lipinski definition) is 0. The summed E-state index contributed by atoms with van der Waals surface area (Å²) in [6.07, 6.45) is 0. The quantitative estimate of drug-likeness (QED) is 0.0416. The molecular formula is C106H118N8O3Si8. The molecule has 0 fully saturated rings. The average Bonchev–Trinajstić information content (AvgIpc) is 1.55. The van der Waals surface area contributed by atoms with E-state index in [4.69, 9.17) is 42.3 Å². The van der Waals surface area contributed by atoms with Crippen LogP contribution in [0, 0.1) is 0 Å². The molecule has 0 saturated carbocycles. The fraction of sp³-hybridized carbons (Fsp3) is 0.226. The molecule has 0 spiro atoms. The minimum absolute atomic E-state index is 0.790. The molecule has 2 aromatic heterocycles. The molecule has 0 unspecified atom stereocenters. The molecule has 2 aliphatic heterocycles. The van der Waals surface area contributed by atoms with Crippen LogP contribution in [0.2, 0.25) is 142 Å². The number of hydrogen-bond acceptors (Lipinski definition) is 9. The lowest BCUT2D eigenvalue weighted by Crippen LogP contribution is -2.57. The molecule has 0 amide bonds. The van der Waals surface area contributed by atoms with E-state index in [1.807, 2.05) is 0 Å². The van der Waals surface area contributed by atoms with Crippen LogP contribution < -0.4 is 20.7 Å². The Morgan fingerprint density at radius 3 is 0.712 bits per heavy atom. The van der Waals surface area contributed by atoms with Gasteiger partial charge in [0.15, 0.2) is 16.6 Å². The molecule has 0 radical (unpaired) electrons. The highest BCUT2D eigenvalue weighted by atomic mass is 28.5. The van der Waals surface area contributed by atoms with Crippen LogP contribution in [0.3, 0.4) is 0 Å². The molecule has 4 heterocycles. The van der Waals surface area contributed by atoms with E-state index >= 15 is 0 Å². The van der Waals surface area contributed by atoms with Crippen molar-refractivity contribution in [2.45, 2.75) is 154 Å². The topological polar surface area (TPSA) is 113 Å². The largest absolute Gasteiger partial charge is 0.436 e. The van der Waals surface area contributed by atoms with Gasteiger partial charge < -0.3 is 12.3 Å². The molecule has 0 atom stereocenters. The van der Waals surface area contributed by atoms with Crippen molar-refractivity contribution in [3.63, 3.8) is 0 Å². The molecular weight excluding hydrogens is 1660 g/mol. The fourth-order valence-electron chi connectivity index (χ4n) is 18.1. The summed E-state index contributed by atoms with van der Waals surface area (Å²) in [5, 5.41) is 5.51. The van der Waals surface area contributed by atoms with Gasteiger partial charge in [-0.3, -0.25) is 9.13 Å². The highest BCUT2D eigenvalue weighted by Gasteiger charge is 2.50. The third kappa shape index (κ3) is 18.8. The summed E-state index contributed by atoms with van der Waals surface area (Å²) in [7, 11) is -17.8. The third-order valence-corrected chi connectivity index (χ3v) is 51.8. The van der Waals surface area contributed by atoms with E-state index in [9.17, 15) is 0 Å². The van der Waals surface area contributed by atoms with Crippen molar-refractivity contribution in [2.75, 3.05) is 0 Å². The zero-order chi connectivity index (χ0) is 88.0. The van der Waals surface area contributed by atoms with E-state index in [2.05, 4.69) is 467 Å². The monoisotopic (exact) mass is 1770 g/mol. The van der Waals surface area contributed by atoms with Crippen molar-refractivity contribution in [3.8, 4) is 67.8 Å². The molecule has 0 saturated heterocycles. The van der Waals surface area contributed by atoms with Crippen molar-refractivity contribution in [1.82, 2.24) is 19.1 Å². The van der Waals surface area contributed by atoms with Gasteiger partial charge in [0.1, 0.15) is 11.6 Å². The number of aromatic nitrogens is 4. The highest BCUT2D eigenvalue weighted by Crippen LogP contribution is 2.50. The predicted octanol–water partition coefficient (Wildman–Crippen LogP) is 24.9. The van der Waals surface area contributed by atoms with Gasteiger partial charge in [0.2, 0.25) is 0 Å². The van der Waals surface area contributed by atoms with Gasteiger partial charge in [0.05, 0.1) is 77.9 Å². The molecule has 14 aromatic rings. The number of benzene rings is 12. The van der Waals surface area contributed by atoms with Gasteiger partial charge >= 0.3 is 17.1 Å². The first-order chi connectivity index (χ1) is 59.6. The molecule has 2 aliphatic rings. The summed E-state index contributed by atoms with van der Waals surface area (Å²) in [5.74, 6) is -1.12. The van der Waals surface area contributed by atoms with E-state index in [0.29, 0.717) is 0 Å². The Hall–Kier alpha value is -10.6. The molecule has 19 heteroatoms. The van der Waals surface area contributed by atoms with Crippen molar-refractivity contribution in [2.24, 2.45) is 20.0 Å². The number of imidazole rings is 2. The summed E-state index contributed by atoms with van der Waals surface area (Å²) in [6.45, 7) is 43.2. The molecule has 12 aromatic carbocycles. The Bertz CT molecular complexity index is 5780. The molecule has 0 bridgehead atoms. The minimum atomic E-state index is -2.75. The van der Waals surface area contributed by atoms with Crippen LogP contribution in [0.4, 0.5) is 0 Å². The number of rotatable bonds is 30. The first kappa shape index (κ1) is 87.8. The summed E-state index contributed by atoms with van der Waals surface area (Å²) < 4.78 is 27.1. The van der Waals surface area contributed by atoms with Gasteiger partial charge in [0.25, 0.3) is 11.6 Å². The van der Waals surface area contributed by atoms with Crippen LogP contribution in [0.1, 0.15) is 33.4 Å². The summed E-state index contributed by atoms with van der Waals surface area (Å²) in [6, 6.07) is 126. The van der Waals surface area contributed by atoms with Crippen molar-refractivity contribution in [3.05, 3.63) is 373 Å². The van der Waals surface area contributed by atoms with Crippen LogP contribution in [0.5, 0.6) is 0 Å². The van der Waals surface area contributed by atoms with E-state index in [1.54, 1.807) is 0 Å². The Kier molecular flexibility index (Phi) is 24.6. The zero-order valence-corrected chi connectivity index (χ0v) is 84.0. The van der Waals surface area contributed by atoms with Crippen LogP contribution in [0.25, 0.3) is 67.8 Å². The lowest BCUT2D eigenvalue weighted by molar-refractivity contribution is 0.328. The smallest absolute Gasteiger partial charge is 0.312 e. The van der Waals surface area contributed by atoms with Crippen molar-refractivity contribution >= 4 is 110 Å². The first-order valence-electron chi connectivity index (χ1n) is 44.2. The lowest BCUT2D eigenvalue weighted by Gasteiger charge is -2.42. The highest BCUT2D eigenvalue weighted by molar-refractivity contribution is 6.94. The number of aliphatic imine (C=N–C) groups is 4. The van der Waals surface area contributed by atoms with E-state index in [1.165, 1.54) is 20.7 Å². The standard InChI is InChI=1S/C106H118N8O3Si8/c1-118(2,3)91-67-59-87(60-68-91)103-107-99(83-51-35-23-36-52-83)101(85-55-39-25-40-56-85)113(103)105(109-95(79-43-27-19-28-44-79)96(110-105)80-45-29-20-30-46-80)89-63-71-93(72-64-89)120(7,8)75-77-122(11,12)115-124(15,16)117-125(17,18)116-123(13,14)78-76-121(9,10)94-73-65-90(66-74-94)106(111-97(81-47-31-21-32-48-81)98(112-106)82-49-33-22-34-50-82)114-102(86-57-41-26-42-58-86)100(84-53-37-24-38-54-84)108-104(114)88-61-69-92(70-62-88)119(4,5)6/h19-74H,75-78H2,1-18H3. The molecule has 0 aliphatic carbocycles. The van der Waals surface area contributed by atoms with E-state index < -0.39 is 77.6 Å². The summed E-state index contributed by atoms with van der Waals surface area (Å²) in [4.78, 5) is 35.9. The second kappa shape index (κ2) is 34.9. The van der Waals surface area contributed by atoms with E-state index in [-0.39, 0.29) is 0 Å². The molecule has 125 heavy (non-hydrogen) atoms. The summed E-state index contributed by atoms with van der Waals surface area (Å²) in [5.41, 5.74) is 18.9. The Labute approximate surface area is 749 Å². The fourth-order valence-corrected chi connectivity index (χ4v) is 50.2. The maximum atomic E-state index is 7.50. The van der Waals surface area contributed by atoms with Gasteiger partial charge in [-0.2, -0.15) is 0 Å². The van der Waals surface area contributed by atoms with Gasteiger partial charge in [-0.05, 0) is 64.5 Å². The summed E-state index contributed by atoms with van der Waals surface area (Å²) >= 11 is 0. The van der Waals surface area contributed by atoms with Crippen LogP contribution in [-0.2, 0) is 23.9 Å². The minimum Gasteiger partial charge on any atom is -0.436 e. The van der Waals surface area contributed by atoms with Crippen molar-refractivity contribution in [1.29, 1.82) is 0 Å². The first-order valence-corrected chi connectivity index (χ1v) is 69.5. The molecule has 16 rings (SSSR count). The Balaban J connectivity index is 0.665. The Morgan fingerprint density at radius 1 is 0.232 bits per heavy atom. The second-order valence-electron chi connectivity index (χ2n) is 39.2. The van der Waals surface area contributed by atoms with Gasteiger partial charge in [-0.1, -0.05) is 438 Å². The van der Waals surface area contributed by atoms with Crippen LogP contribution in [-0.4, -0.2) is 108 Å². The second-order valence-corrected chi connectivity index (χ2v) is 75.1. The van der Waals surface area contributed by atoms with Gasteiger partial charge in [-0.25, -0.2) is 29.9 Å². The van der Waals surface area contributed by atoms with Crippen LogP contribution in [0.15, 0.2) is 360 Å². The molecule has 11 nitrogen and oxygen atoms in total. The predicted molar refractivity (Wildman–Crippen MR) is 549 cm³/mol. The average molecular weight is 1780 g/mol. The number of nitrogens with zero attached hydrogens (tertiary/aromatic N) is 8. The third-order valence-electron chi connectivity index (χ3n) is 24.6. The van der Waals surface area contributed by atoms with Crippen molar-refractivity contribution < 1.29 is 12.3 Å². The van der Waals surface area contributed by atoms with Gasteiger partial charge in [-0.15, -0.1) is 0 Å². The van der Waals surface area contributed by atoms with E-state index in [0.717, 1.165) is 148 Å². The Morgan fingerprint density at radius 2 is 0.464 bits per heavy atom. The maximum Gasteiger partial charge on any atom is 0.312 e. The lowest BCUT2D eigenvalue weighted by atomic mass is 10.0. The molecule has 0 N–H and O–H groups in total. The van der Waals surface area contributed by atoms with Crippen LogP contribution >= 0.6 is 0 Å².